The number of rotatable bonds is 5. The van der Waals surface area contributed by atoms with Gasteiger partial charge in [-0.15, -0.1) is 0 Å². The first-order valence-corrected chi connectivity index (χ1v) is 12.3. The zero-order valence-electron chi connectivity index (χ0n) is 22.2. The molecule has 0 saturated carbocycles. The highest BCUT2D eigenvalue weighted by Gasteiger charge is 2.18. The van der Waals surface area contributed by atoms with Gasteiger partial charge in [-0.2, -0.15) is 0 Å². The van der Waals surface area contributed by atoms with Gasteiger partial charge >= 0.3 is 5.97 Å². The fraction of sp³-hybridized carbons (Fsp3) is 0.242. The van der Waals surface area contributed by atoms with Gasteiger partial charge < -0.3 is 9.47 Å². The van der Waals surface area contributed by atoms with Crippen molar-refractivity contribution in [3.63, 3.8) is 0 Å². The van der Waals surface area contributed by atoms with Crippen molar-refractivity contribution in [2.75, 3.05) is 0 Å². The maximum Gasteiger partial charge on any atom is 0.343 e. The van der Waals surface area contributed by atoms with Gasteiger partial charge in [-0.1, -0.05) is 42.5 Å². The van der Waals surface area contributed by atoms with Gasteiger partial charge in [0, 0.05) is 0 Å². The van der Waals surface area contributed by atoms with Gasteiger partial charge in [-0.25, -0.2) is 4.79 Å². The topological polar surface area (TPSA) is 35.5 Å². The molecular weight excluding hydrogens is 444 g/mol. The van der Waals surface area contributed by atoms with Gasteiger partial charge in [0.25, 0.3) is 0 Å². The molecule has 0 fully saturated rings. The van der Waals surface area contributed by atoms with E-state index in [0.29, 0.717) is 11.3 Å². The normalized spacial score (nSPS) is 11.3. The van der Waals surface area contributed by atoms with E-state index >= 15 is 0 Å². The zero-order valence-corrected chi connectivity index (χ0v) is 22.2. The Balaban J connectivity index is 1.60. The highest BCUT2D eigenvalue weighted by atomic mass is 16.5. The first kappa shape index (κ1) is 25.2. The van der Waals surface area contributed by atoms with Crippen LogP contribution in [0, 0.1) is 27.7 Å². The van der Waals surface area contributed by atoms with Crippen molar-refractivity contribution >= 4 is 5.97 Å². The molecule has 0 spiro atoms. The van der Waals surface area contributed by atoms with Crippen LogP contribution in [0.15, 0.2) is 78.9 Å². The quantitative estimate of drug-likeness (QED) is 0.213. The van der Waals surface area contributed by atoms with Gasteiger partial charge in [0.2, 0.25) is 0 Å². The van der Waals surface area contributed by atoms with E-state index in [0.717, 1.165) is 50.3 Å². The van der Waals surface area contributed by atoms with Crippen molar-refractivity contribution < 1.29 is 14.3 Å². The highest BCUT2D eigenvalue weighted by Crippen LogP contribution is 2.35. The summed E-state index contributed by atoms with van der Waals surface area (Å²) in [5.74, 6) is 1.18. The van der Waals surface area contributed by atoms with E-state index in [2.05, 4.69) is 58.9 Å². The van der Waals surface area contributed by atoms with E-state index in [1.807, 2.05) is 62.4 Å². The Morgan fingerprint density at radius 2 is 1.08 bits per heavy atom. The van der Waals surface area contributed by atoms with Crippen LogP contribution in [0.2, 0.25) is 0 Å². The standard InChI is InChI=1S/C33H34O3/c1-21-16-28(29-18-23(3)31(24(4)19-29)36-33(5,6)7)17-22(2)30(21)35-32(34)27-15-11-14-26(20-27)25-12-9-8-10-13-25/h8-20H,1-7H3. The highest BCUT2D eigenvalue weighted by molar-refractivity contribution is 5.93. The summed E-state index contributed by atoms with van der Waals surface area (Å²) in [6.07, 6.45) is 0. The average molecular weight is 479 g/mol. The second-order valence-electron chi connectivity index (χ2n) is 10.4. The summed E-state index contributed by atoms with van der Waals surface area (Å²) in [4.78, 5) is 13.1. The molecule has 3 nitrogen and oxygen atoms in total. The van der Waals surface area contributed by atoms with Crippen LogP contribution in [0.25, 0.3) is 22.3 Å². The lowest BCUT2D eigenvalue weighted by molar-refractivity contribution is 0.0732. The molecule has 184 valence electrons. The second kappa shape index (κ2) is 10.0. The van der Waals surface area contributed by atoms with Crippen LogP contribution in [0.5, 0.6) is 11.5 Å². The predicted octanol–water partition coefficient (Wildman–Crippen LogP) is 8.65. The minimum atomic E-state index is -0.359. The van der Waals surface area contributed by atoms with Gasteiger partial charge in [-0.05, 0) is 129 Å². The Morgan fingerprint density at radius 3 is 1.61 bits per heavy atom. The summed E-state index contributed by atoms with van der Waals surface area (Å²) in [7, 11) is 0. The Morgan fingerprint density at radius 1 is 0.583 bits per heavy atom. The van der Waals surface area contributed by atoms with E-state index in [1.165, 1.54) is 0 Å². The minimum absolute atomic E-state index is 0.254. The van der Waals surface area contributed by atoms with Crippen LogP contribution >= 0.6 is 0 Å². The van der Waals surface area contributed by atoms with Crippen LogP contribution in [-0.2, 0) is 0 Å². The van der Waals surface area contributed by atoms with Crippen molar-refractivity contribution in [1.82, 2.24) is 0 Å². The monoisotopic (exact) mass is 478 g/mol. The average Bonchev–Trinajstić information content (AvgIpc) is 2.83. The molecule has 0 aliphatic heterocycles. The Labute approximate surface area is 214 Å². The zero-order chi connectivity index (χ0) is 26.0. The van der Waals surface area contributed by atoms with Crippen molar-refractivity contribution in [2.24, 2.45) is 0 Å². The number of benzene rings is 4. The molecule has 4 rings (SSSR count). The maximum atomic E-state index is 13.1. The van der Waals surface area contributed by atoms with Gasteiger partial charge in [0.05, 0.1) is 5.56 Å². The smallest absolute Gasteiger partial charge is 0.343 e. The lowest BCUT2D eigenvalue weighted by Crippen LogP contribution is -2.24. The van der Waals surface area contributed by atoms with Crippen LogP contribution in [0.3, 0.4) is 0 Å². The first-order valence-electron chi connectivity index (χ1n) is 12.3. The Hall–Kier alpha value is -3.85. The molecule has 0 unspecified atom stereocenters. The molecule has 0 bridgehead atoms. The molecule has 0 atom stereocenters. The number of hydrogen-bond donors (Lipinski definition) is 0. The molecule has 4 aromatic rings. The number of hydrogen-bond acceptors (Lipinski definition) is 3. The largest absolute Gasteiger partial charge is 0.488 e. The van der Waals surface area contributed by atoms with Crippen molar-refractivity contribution in [3.8, 4) is 33.8 Å². The molecule has 0 N–H and O–H groups in total. The summed E-state index contributed by atoms with van der Waals surface area (Å²) < 4.78 is 12.1. The molecule has 0 heterocycles. The molecule has 4 aromatic carbocycles. The number of carbonyl (C=O) groups excluding carboxylic acids is 1. The van der Waals surface area contributed by atoms with Crippen molar-refractivity contribution in [1.29, 1.82) is 0 Å². The van der Waals surface area contributed by atoms with Crippen molar-refractivity contribution in [2.45, 2.75) is 54.1 Å². The molecular formula is C33H34O3. The van der Waals surface area contributed by atoms with Crippen LogP contribution in [0.4, 0.5) is 0 Å². The Bertz CT molecular complexity index is 1360. The second-order valence-corrected chi connectivity index (χ2v) is 10.4. The van der Waals surface area contributed by atoms with Crippen LogP contribution < -0.4 is 9.47 Å². The van der Waals surface area contributed by atoms with E-state index in [-0.39, 0.29) is 11.6 Å². The van der Waals surface area contributed by atoms with E-state index in [4.69, 9.17) is 9.47 Å². The molecule has 0 radical (unpaired) electrons. The van der Waals surface area contributed by atoms with E-state index in [9.17, 15) is 4.79 Å². The number of ether oxygens (including phenoxy) is 2. The van der Waals surface area contributed by atoms with Gasteiger partial charge in [0.15, 0.2) is 0 Å². The van der Waals surface area contributed by atoms with Crippen LogP contribution in [0.1, 0.15) is 53.4 Å². The molecule has 0 aromatic heterocycles. The fourth-order valence-corrected chi connectivity index (χ4v) is 4.47. The SMILES string of the molecule is Cc1cc(-c2cc(C)c(OC(C)(C)C)c(C)c2)cc(C)c1OC(=O)c1cccc(-c2ccccc2)c1. The van der Waals surface area contributed by atoms with Gasteiger partial charge in [-0.3, -0.25) is 0 Å². The molecule has 0 aliphatic carbocycles. The summed E-state index contributed by atoms with van der Waals surface area (Å²) in [5.41, 5.74) is 8.57. The maximum absolute atomic E-state index is 13.1. The van der Waals surface area contributed by atoms with Crippen molar-refractivity contribution in [3.05, 3.63) is 107 Å². The first-order chi connectivity index (χ1) is 17.0. The third-order valence-electron chi connectivity index (χ3n) is 6.06. The molecule has 3 heteroatoms. The fourth-order valence-electron chi connectivity index (χ4n) is 4.47. The predicted molar refractivity (Wildman–Crippen MR) is 148 cm³/mol. The summed E-state index contributed by atoms with van der Waals surface area (Å²) in [6.45, 7) is 14.3. The molecule has 36 heavy (non-hydrogen) atoms. The third kappa shape index (κ3) is 5.68. The Kier molecular flexibility index (Phi) is 7.03. The number of aryl methyl sites for hydroxylation is 4. The van der Waals surface area contributed by atoms with Crippen LogP contribution in [-0.4, -0.2) is 11.6 Å². The summed E-state index contributed by atoms with van der Waals surface area (Å²) in [5, 5.41) is 0. The lowest BCUT2D eigenvalue weighted by Gasteiger charge is -2.25. The molecule has 0 aliphatic rings. The summed E-state index contributed by atoms with van der Waals surface area (Å²) >= 11 is 0. The minimum Gasteiger partial charge on any atom is -0.488 e. The number of esters is 1. The lowest BCUT2D eigenvalue weighted by atomic mass is 9.96. The molecule has 0 amide bonds. The molecule has 0 saturated heterocycles. The van der Waals surface area contributed by atoms with E-state index in [1.54, 1.807) is 6.07 Å². The number of carbonyl (C=O) groups is 1. The van der Waals surface area contributed by atoms with Gasteiger partial charge in [0.1, 0.15) is 17.1 Å². The third-order valence-corrected chi connectivity index (χ3v) is 6.06. The van der Waals surface area contributed by atoms with E-state index < -0.39 is 0 Å². The summed E-state index contributed by atoms with van der Waals surface area (Å²) in [6, 6.07) is 26.0.